The van der Waals surface area contributed by atoms with E-state index in [9.17, 15) is 4.79 Å². The topological polar surface area (TPSA) is 35.5 Å². The molecule has 1 aromatic rings. The molecule has 0 aliphatic heterocycles. The maximum absolute atomic E-state index is 11.4. The smallest absolute Gasteiger partial charge is 0.341 e. The number of methoxy groups -OCH3 is 2. The van der Waals surface area contributed by atoms with Gasteiger partial charge in [-0.15, -0.1) is 0 Å². The lowest BCUT2D eigenvalue weighted by Gasteiger charge is -2.07. The molecule has 0 aliphatic carbocycles. The molecule has 1 aromatic carbocycles. The molecule has 0 atom stereocenters. The molecule has 0 radical (unpaired) electrons. The summed E-state index contributed by atoms with van der Waals surface area (Å²) < 4.78 is 9.84. The highest BCUT2D eigenvalue weighted by molar-refractivity contribution is 7.80. The lowest BCUT2D eigenvalue weighted by Crippen LogP contribution is -2.03. The van der Waals surface area contributed by atoms with E-state index in [0.717, 1.165) is 17.7 Å². The van der Waals surface area contributed by atoms with Gasteiger partial charge in [0.25, 0.3) is 0 Å². The first-order valence-corrected chi connectivity index (χ1v) is 5.90. The summed E-state index contributed by atoms with van der Waals surface area (Å²) in [5.41, 5.74) is 1.41. The number of allylic oxidation sites excluding steroid dienone is 1. The van der Waals surface area contributed by atoms with Gasteiger partial charge in [0.15, 0.2) is 0 Å². The first kappa shape index (κ1) is 13.6. The number of hydrogen-bond donors (Lipinski definition) is 1. The van der Waals surface area contributed by atoms with E-state index in [1.165, 1.54) is 14.2 Å². The third kappa shape index (κ3) is 3.82. The molecule has 3 nitrogen and oxygen atoms in total. The van der Waals surface area contributed by atoms with Gasteiger partial charge < -0.3 is 9.47 Å². The van der Waals surface area contributed by atoms with Crippen molar-refractivity contribution in [1.82, 2.24) is 0 Å². The molecule has 17 heavy (non-hydrogen) atoms. The number of rotatable bonds is 5. The van der Waals surface area contributed by atoms with Crippen molar-refractivity contribution < 1.29 is 14.3 Å². The fourth-order valence-electron chi connectivity index (χ4n) is 1.38. The highest BCUT2D eigenvalue weighted by atomic mass is 32.1. The third-order valence-corrected chi connectivity index (χ3v) is 2.50. The Balaban J connectivity index is 2.96. The van der Waals surface area contributed by atoms with Crippen LogP contribution in [0.25, 0.3) is 6.08 Å². The Hall–Kier alpha value is -1.42. The lowest BCUT2D eigenvalue weighted by molar-refractivity contribution is 0.0597. The highest BCUT2D eigenvalue weighted by Gasteiger charge is 2.12. The van der Waals surface area contributed by atoms with Crippen LogP contribution in [0.5, 0.6) is 5.75 Å². The van der Waals surface area contributed by atoms with Crippen molar-refractivity contribution in [3.05, 3.63) is 35.4 Å². The largest absolute Gasteiger partial charge is 0.496 e. The number of thiol groups is 1. The molecule has 0 fully saturated rings. The number of hydrogen-bond acceptors (Lipinski definition) is 4. The number of carbonyl (C=O) groups excluding carboxylic acids is 1. The summed E-state index contributed by atoms with van der Waals surface area (Å²) in [5.74, 6) is 0.936. The van der Waals surface area contributed by atoms with E-state index in [-0.39, 0.29) is 0 Å². The van der Waals surface area contributed by atoms with Crippen molar-refractivity contribution in [2.24, 2.45) is 0 Å². The second-order valence-corrected chi connectivity index (χ2v) is 3.81. The van der Waals surface area contributed by atoms with Crippen LogP contribution >= 0.6 is 12.6 Å². The highest BCUT2D eigenvalue weighted by Crippen LogP contribution is 2.21. The van der Waals surface area contributed by atoms with Crippen LogP contribution in [-0.4, -0.2) is 25.9 Å². The monoisotopic (exact) mass is 252 g/mol. The normalized spacial score (nSPS) is 10.5. The van der Waals surface area contributed by atoms with Crippen LogP contribution in [-0.2, 0) is 4.74 Å². The molecule has 0 unspecified atom stereocenters. The van der Waals surface area contributed by atoms with Gasteiger partial charge in [0.1, 0.15) is 11.3 Å². The predicted molar refractivity (Wildman–Crippen MR) is 71.8 cm³/mol. The van der Waals surface area contributed by atoms with Gasteiger partial charge in [-0.1, -0.05) is 18.2 Å². The van der Waals surface area contributed by atoms with Gasteiger partial charge in [0, 0.05) is 0 Å². The van der Waals surface area contributed by atoms with Gasteiger partial charge in [-0.2, -0.15) is 12.6 Å². The zero-order valence-electron chi connectivity index (χ0n) is 9.97. The molecule has 0 bridgehead atoms. The second-order valence-electron chi connectivity index (χ2n) is 3.37. The molecule has 92 valence electrons. The summed E-state index contributed by atoms with van der Waals surface area (Å²) in [7, 11) is 2.88. The first-order chi connectivity index (χ1) is 8.22. The molecule has 0 aromatic heterocycles. The summed E-state index contributed by atoms with van der Waals surface area (Å²) in [6.07, 6.45) is 4.91. The van der Waals surface area contributed by atoms with E-state index in [1.807, 2.05) is 18.2 Å². The first-order valence-electron chi connectivity index (χ1n) is 5.26. The molecule has 0 saturated heterocycles. The molecule has 0 N–H and O–H groups in total. The van der Waals surface area contributed by atoms with Crippen LogP contribution in [0, 0.1) is 0 Å². The van der Waals surface area contributed by atoms with Crippen molar-refractivity contribution in [2.45, 2.75) is 6.42 Å². The summed E-state index contributed by atoms with van der Waals surface area (Å²) in [4.78, 5) is 11.4. The molecule has 0 amide bonds. The predicted octanol–water partition coefficient (Wildman–Crippen LogP) is 2.81. The van der Waals surface area contributed by atoms with Crippen LogP contribution in [0.15, 0.2) is 24.3 Å². The van der Waals surface area contributed by atoms with Gasteiger partial charge in [-0.3, -0.25) is 0 Å². The molecular formula is C13H16O3S. The Labute approximate surface area is 107 Å². The Bertz CT molecular complexity index is 413. The minimum absolute atomic E-state index is 0.396. The van der Waals surface area contributed by atoms with Gasteiger partial charge in [0.2, 0.25) is 0 Å². The average Bonchev–Trinajstić information content (AvgIpc) is 2.38. The van der Waals surface area contributed by atoms with Crippen LogP contribution in [0.2, 0.25) is 0 Å². The molecule has 0 aliphatic rings. The van der Waals surface area contributed by atoms with Crippen LogP contribution in [0.1, 0.15) is 22.3 Å². The molecule has 0 spiro atoms. The third-order valence-electron chi connectivity index (χ3n) is 2.24. The SMILES string of the molecule is COC(=O)c1ccc(C=CCCS)cc1OC. The summed E-state index contributed by atoms with van der Waals surface area (Å²) >= 11 is 4.12. The Morgan fingerprint density at radius 2 is 2.18 bits per heavy atom. The van der Waals surface area contributed by atoms with E-state index in [2.05, 4.69) is 17.4 Å². The zero-order valence-corrected chi connectivity index (χ0v) is 10.9. The van der Waals surface area contributed by atoms with E-state index in [0.29, 0.717) is 11.3 Å². The van der Waals surface area contributed by atoms with Crippen molar-refractivity contribution in [2.75, 3.05) is 20.0 Å². The summed E-state index contributed by atoms with van der Waals surface area (Å²) in [6.45, 7) is 0. The van der Waals surface area contributed by atoms with Gasteiger partial charge in [-0.05, 0) is 29.9 Å². The minimum Gasteiger partial charge on any atom is -0.496 e. The van der Waals surface area contributed by atoms with Gasteiger partial charge >= 0.3 is 5.97 Å². The van der Waals surface area contributed by atoms with Gasteiger partial charge in [0.05, 0.1) is 14.2 Å². The molecule has 0 heterocycles. The average molecular weight is 252 g/mol. The van der Waals surface area contributed by atoms with Crippen molar-refractivity contribution in [3.8, 4) is 5.75 Å². The van der Waals surface area contributed by atoms with E-state index in [4.69, 9.17) is 4.74 Å². The minimum atomic E-state index is -0.396. The number of carbonyl (C=O) groups is 1. The Morgan fingerprint density at radius 1 is 1.41 bits per heavy atom. The second kappa shape index (κ2) is 7.01. The van der Waals surface area contributed by atoms with Crippen molar-refractivity contribution in [1.29, 1.82) is 0 Å². The number of esters is 1. The van der Waals surface area contributed by atoms with Crippen LogP contribution < -0.4 is 4.74 Å². The fraction of sp³-hybridized carbons (Fsp3) is 0.308. The quantitative estimate of drug-likeness (QED) is 0.646. The van der Waals surface area contributed by atoms with Gasteiger partial charge in [-0.25, -0.2) is 4.79 Å². The van der Waals surface area contributed by atoms with Crippen LogP contribution in [0.4, 0.5) is 0 Å². The molecular weight excluding hydrogens is 236 g/mol. The van der Waals surface area contributed by atoms with Crippen molar-refractivity contribution >= 4 is 24.7 Å². The Kier molecular flexibility index (Phi) is 5.63. The summed E-state index contributed by atoms with van der Waals surface area (Å²) in [5, 5.41) is 0. The maximum Gasteiger partial charge on any atom is 0.341 e. The zero-order chi connectivity index (χ0) is 12.7. The van der Waals surface area contributed by atoms with Crippen LogP contribution in [0.3, 0.4) is 0 Å². The number of ether oxygens (including phenoxy) is 2. The molecule has 1 rings (SSSR count). The summed E-state index contributed by atoms with van der Waals surface area (Å²) in [6, 6.07) is 5.36. The van der Waals surface area contributed by atoms with E-state index < -0.39 is 5.97 Å². The maximum atomic E-state index is 11.4. The fourth-order valence-corrected chi connectivity index (χ4v) is 1.53. The van der Waals surface area contributed by atoms with E-state index >= 15 is 0 Å². The van der Waals surface area contributed by atoms with Crippen molar-refractivity contribution in [3.63, 3.8) is 0 Å². The Morgan fingerprint density at radius 3 is 2.76 bits per heavy atom. The molecule has 4 heteroatoms. The molecule has 0 saturated carbocycles. The van der Waals surface area contributed by atoms with E-state index in [1.54, 1.807) is 12.1 Å². The number of benzene rings is 1. The standard InChI is InChI=1S/C13H16O3S/c1-15-12-9-10(5-3-4-8-17)6-7-11(12)13(14)16-2/h3,5-7,9,17H,4,8H2,1-2H3. The lowest BCUT2D eigenvalue weighted by atomic mass is 10.1.